The maximum Gasteiger partial charge on any atom is 0.271 e. The van der Waals surface area contributed by atoms with Gasteiger partial charge in [-0.25, -0.2) is 0 Å². The number of hydrogen-bond acceptors (Lipinski definition) is 4. The van der Waals surface area contributed by atoms with E-state index in [1.54, 1.807) is 0 Å². The maximum absolute atomic E-state index is 10.8. The van der Waals surface area contributed by atoms with E-state index in [1.165, 1.54) is 19.3 Å². The molecule has 0 saturated heterocycles. The molecule has 5 heteroatoms. The topological polar surface area (TPSA) is 67.8 Å². The third kappa shape index (κ3) is 1.25. The molecular formula is C5H6N4O. The van der Waals surface area contributed by atoms with Crippen LogP contribution in [0.15, 0.2) is 12.3 Å². The highest BCUT2D eigenvalue weighted by molar-refractivity contribution is 5.91. The molecule has 0 atom stereocenters. The summed E-state index contributed by atoms with van der Waals surface area (Å²) in [4.78, 5) is 10.8. The second kappa shape index (κ2) is 2.86. The van der Waals surface area contributed by atoms with Gasteiger partial charge in [0.15, 0.2) is 5.69 Å². The normalized spacial score (nSPS) is 8.90. The number of nitrogens with zero attached hydrogens (tertiary/aromatic N) is 3. The summed E-state index contributed by atoms with van der Waals surface area (Å²) in [6.45, 7) is 0. The Morgan fingerprint density at radius 2 is 2.50 bits per heavy atom. The number of aromatic nitrogens is 3. The lowest BCUT2D eigenvalue weighted by Gasteiger charge is -1.93. The highest BCUT2D eigenvalue weighted by atomic mass is 16.1. The second-order valence-corrected chi connectivity index (χ2v) is 1.59. The molecule has 0 aromatic carbocycles. The zero-order valence-corrected chi connectivity index (χ0v) is 5.40. The van der Waals surface area contributed by atoms with Crippen molar-refractivity contribution in [2.75, 3.05) is 7.05 Å². The van der Waals surface area contributed by atoms with Gasteiger partial charge in [-0.2, -0.15) is 0 Å². The third-order valence-electron chi connectivity index (χ3n) is 0.963. The van der Waals surface area contributed by atoms with E-state index >= 15 is 0 Å². The highest BCUT2D eigenvalue weighted by Gasteiger charge is 2.01. The largest absolute Gasteiger partial charge is 0.354 e. The van der Waals surface area contributed by atoms with E-state index in [2.05, 4.69) is 20.7 Å². The van der Waals surface area contributed by atoms with Crippen molar-refractivity contribution in [2.45, 2.75) is 0 Å². The summed E-state index contributed by atoms with van der Waals surface area (Å²) in [5, 5.41) is 12.6. The van der Waals surface area contributed by atoms with Crippen LogP contribution in [0.2, 0.25) is 0 Å². The molecule has 1 rings (SSSR count). The smallest absolute Gasteiger partial charge is 0.271 e. The van der Waals surface area contributed by atoms with Crippen molar-refractivity contribution >= 4 is 5.91 Å². The Kier molecular flexibility index (Phi) is 1.89. The van der Waals surface area contributed by atoms with Gasteiger partial charge in [0.1, 0.15) is 0 Å². The van der Waals surface area contributed by atoms with Crippen molar-refractivity contribution < 1.29 is 4.79 Å². The summed E-state index contributed by atoms with van der Waals surface area (Å²) < 4.78 is 0. The average Bonchev–Trinajstić information content (AvgIpc) is 2.05. The molecule has 0 saturated carbocycles. The fraction of sp³-hybridized carbons (Fsp3) is 0.200. The lowest BCUT2D eigenvalue weighted by Crippen LogP contribution is -2.19. The van der Waals surface area contributed by atoms with Crippen LogP contribution in [0, 0.1) is 0 Å². The van der Waals surface area contributed by atoms with Gasteiger partial charge in [-0.1, -0.05) is 0 Å². The molecule has 0 bridgehead atoms. The summed E-state index contributed by atoms with van der Waals surface area (Å²) in [5.41, 5.74) is 0.275. The Morgan fingerprint density at radius 3 is 3.00 bits per heavy atom. The highest BCUT2D eigenvalue weighted by Crippen LogP contribution is 1.86. The number of carbonyl (C=O) groups is 1. The molecule has 0 aliphatic carbocycles. The lowest BCUT2D eigenvalue weighted by atomic mass is 10.4. The molecule has 52 valence electrons. The number of amides is 1. The quantitative estimate of drug-likeness (QED) is 0.553. The maximum atomic E-state index is 10.8. The van der Waals surface area contributed by atoms with Crippen LogP contribution in [0.3, 0.4) is 0 Å². The van der Waals surface area contributed by atoms with Crippen molar-refractivity contribution in [3.05, 3.63) is 18.0 Å². The Labute approximate surface area is 57.5 Å². The van der Waals surface area contributed by atoms with Crippen molar-refractivity contribution in [3.8, 4) is 0 Å². The SMILES string of the molecule is CNC(=O)c1ccnnn1. The molecule has 0 unspecified atom stereocenters. The Hall–Kier alpha value is -1.52. The molecule has 1 heterocycles. The molecule has 1 amide bonds. The third-order valence-corrected chi connectivity index (χ3v) is 0.963. The predicted molar refractivity (Wildman–Crippen MR) is 33.2 cm³/mol. The van der Waals surface area contributed by atoms with Crippen molar-refractivity contribution in [1.29, 1.82) is 0 Å². The van der Waals surface area contributed by atoms with Gasteiger partial charge in [0.25, 0.3) is 5.91 Å². The Bertz CT molecular complexity index is 222. The van der Waals surface area contributed by atoms with Gasteiger partial charge in [0, 0.05) is 7.05 Å². The first-order valence-corrected chi connectivity index (χ1v) is 2.71. The van der Waals surface area contributed by atoms with E-state index in [1.807, 2.05) is 0 Å². The number of hydrogen-bond donors (Lipinski definition) is 1. The van der Waals surface area contributed by atoms with Gasteiger partial charge in [0.05, 0.1) is 6.20 Å². The average molecular weight is 138 g/mol. The number of nitrogens with one attached hydrogen (secondary N) is 1. The lowest BCUT2D eigenvalue weighted by molar-refractivity contribution is 0.0956. The molecule has 1 aromatic rings. The van der Waals surface area contributed by atoms with Crippen LogP contribution in [-0.2, 0) is 0 Å². The van der Waals surface area contributed by atoms with Crippen LogP contribution < -0.4 is 5.32 Å². The van der Waals surface area contributed by atoms with E-state index in [-0.39, 0.29) is 11.6 Å². The minimum atomic E-state index is -0.255. The molecule has 10 heavy (non-hydrogen) atoms. The zero-order chi connectivity index (χ0) is 7.40. The summed E-state index contributed by atoms with van der Waals surface area (Å²) in [6.07, 6.45) is 1.41. The van der Waals surface area contributed by atoms with Crippen LogP contribution in [-0.4, -0.2) is 28.4 Å². The van der Waals surface area contributed by atoms with Crippen LogP contribution in [0.1, 0.15) is 10.5 Å². The fourth-order valence-corrected chi connectivity index (χ4v) is 0.490. The van der Waals surface area contributed by atoms with Crippen molar-refractivity contribution in [3.63, 3.8) is 0 Å². The van der Waals surface area contributed by atoms with Crippen LogP contribution >= 0.6 is 0 Å². The molecule has 0 radical (unpaired) electrons. The van der Waals surface area contributed by atoms with Gasteiger partial charge >= 0.3 is 0 Å². The first-order valence-electron chi connectivity index (χ1n) is 2.71. The molecular weight excluding hydrogens is 132 g/mol. The molecule has 1 aromatic heterocycles. The van der Waals surface area contributed by atoms with Gasteiger partial charge in [0.2, 0.25) is 0 Å². The Balaban J connectivity index is 2.85. The van der Waals surface area contributed by atoms with Crippen LogP contribution in [0.5, 0.6) is 0 Å². The van der Waals surface area contributed by atoms with Gasteiger partial charge < -0.3 is 5.32 Å². The van der Waals surface area contributed by atoms with Gasteiger partial charge in [-0.3, -0.25) is 4.79 Å². The number of rotatable bonds is 1. The zero-order valence-electron chi connectivity index (χ0n) is 5.40. The minimum absolute atomic E-state index is 0.255. The molecule has 0 aliphatic rings. The van der Waals surface area contributed by atoms with E-state index in [9.17, 15) is 4.79 Å². The summed E-state index contributed by atoms with van der Waals surface area (Å²) in [6, 6.07) is 1.49. The summed E-state index contributed by atoms with van der Waals surface area (Å²) in [5.74, 6) is -0.255. The van der Waals surface area contributed by atoms with E-state index in [0.717, 1.165) is 0 Å². The van der Waals surface area contributed by atoms with Crippen molar-refractivity contribution in [1.82, 2.24) is 20.7 Å². The fourth-order valence-electron chi connectivity index (χ4n) is 0.490. The summed E-state index contributed by atoms with van der Waals surface area (Å²) in [7, 11) is 1.53. The minimum Gasteiger partial charge on any atom is -0.354 e. The molecule has 0 spiro atoms. The second-order valence-electron chi connectivity index (χ2n) is 1.59. The molecule has 5 nitrogen and oxygen atoms in total. The van der Waals surface area contributed by atoms with Crippen LogP contribution in [0.25, 0.3) is 0 Å². The Morgan fingerprint density at radius 1 is 1.70 bits per heavy atom. The first-order chi connectivity index (χ1) is 4.84. The number of carbonyl (C=O) groups excluding carboxylic acids is 1. The van der Waals surface area contributed by atoms with E-state index in [4.69, 9.17) is 0 Å². The molecule has 1 N–H and O–H groups in total. The van der Waals surface area contributed by atoms with E-state index < -0.39 is 0 Å². The van der Waals surface area contributed by atoms with Crippen molar-refractivity contribution in [2.24, 2.45) is 0 Å². The molecule has 0 aliphatic heterocycles. The van der Waals surface area contributed by atoms with E-state index in [0.29, 0.717) is 0 Å². The van der Waals surface area contributed by atoms with Gasteiger partial charge in [-0.05, 0) is 11.3 Å². The summed E-state index contributed by atoms with van der Waals surface area (Å²) >= 11 is 0. The van der Waals surface area contributed by atoms with Gasteiger partial charge in [-0.15, -0.1) is 10.2 Å². The first kappa shape index (κ1) is 6.60. The predicted octanol–water partition coefficient (Wildman–Crippen LogP) is -0.769. The standard InChI is InChI=1S/C5H6N4O/c1-6-5(10)4-2-3-7-9-8-4/h2-3H,1H3,(H,6,10). The molecule has 0 fully saturated rings. The van der Waals surface area contributed by atoms with Crippen LogP contribution in [0.4, 0.5) is 0 Å². The monoisotopic (exact) mass is 138 g/mol.